The third-order valence-electron chi connectivity index (χ3n) is 4.28. The van der Waals surface area contributed by atoms with E-state index in [4.69, 9.17) is 0 Å². The highest BCUT2D eigenvalue weighted by Gasteiger charge is 2.58. The molecule has 0 bridgehead atoms. The first-order chi connectivity index (χ1) is 10.2. The molecule has 1 N–H and O–H groups in total. The number of para-hydroxylation sites is 1. The molecule has 0 amide bonds. The molecule has 1 aliphatic heterocycles. The normalized spacial score (nSPS) is 20.4. The number of alkyl halides is 5. The molecule has 1 aliphatic rings. The van der Waals surface area contributed by atoms with Crippen molar-refractivity contribution in [1.82, 2.24) is 9.88 Å². The topological polar surface area (TPSA) is 19.0 Å². The number of nitrogens with zero attached hydrogens (tertiary/aromatic N) is 1. The van der Waals surface area contributed by atoms with Crippen LogP contribution >= 0.6 is 0 Å². The molecule has 1 unspecified atom stereocenters. The Morgan fingerprint density at radius 3 is 2.55 bits per heavy atom. The molecule has 2 nitrogen and oxygen atoms in total. The lowest BCUT2D eigenvalue weighted by Gasteiger charge is -2.36. The zero-order chi connectivity index (χ0) is 16.1. The Kier molecular flexibility index (Phi) is 3.43. The minimum absolute atomic E-state index is 0.182. The lowest BCUT2D eigenvalue weighted by atomic mass is 9.98. The van der Waals surface area contributed by atoms with Crippen molar-refractivity contribution < 1.29 is 22.0 Å². The van der Waals surface area contributed by atoms with Crippen LogP contribution in [0.2, 0.25) is 0 Å². The van der Waals surface area contributed by atoms with Crippen molar-refractivity contribution in [3.8, 4) is 0 Å². The molecule has 2 heterocycles. The summed E-state index contributed by atoms with van der Waals surface area (Å²) in [5, 5.41) is 1.01. The van der Waals surface area contributed by atoms with Gasteiger partial charge in [0.1, 0.15) is 0 Å². The summed E-state index contributed by atoms with van der Waals surface area (Å²) in [6, 6.07) is 7.02. The molecule has 2 aromatic rings. The molecular formula is C15H15F5N2. The summed E-state index contributed by atoms with van der Waals surface area (Å²) in [7, 11) is 0. The largest absolute Gasteiger partial charge is 0.454 e. The van der Waals surface area contributed by atoms with Gasteiger partial charge in [-0.05, 0) is 25.0 Å². The number of rotatable bonds is 2. The lowest BCUT2D eigenvalue weighted by Crippen LogP contribution is -2.49. The maximum atomic E-state index is 13.3. The third-order valence-corrected chi connectivity index (χ3v) is 4.28. The van der Waals surface area contributed by atoms with E-state index in [0.717, 1.165) is 22.2 Å². The summed E-state index contributed by atoms with van der Waals surface area (Å²) < 4.78 is 63.8. The predicted octanol–water partition coefficient (Wildman–Crippen LogP) is 4.28. The van der Waals surface area contributed by atoms with Crippen molar-refractivity contribution in [1.29, 1.82) is 0 Å². The van der Waals surface area contributed by atoms with Gasteiger partial charge in [0.2, 0.25) is 0 Å². The number of H-pyrrole nitrogens is 1. The summed E-state index contributed by atoms with van der Waals surface area (Å²) in [6.45, 7) is 0.522. The van der Waals surface area contributed by atoms with Crippen molar-refractivity contribution in [3.05, 3.63) is 35.5 Å². The second kappa shape index (κ2) is 4.94. The Bertz CT molecular complexity index is 689. The van der Waals surface area contributed by atoms with E-state index in [0.29, 0.717) is 6.42 Å². The number of hydrogen-bond donors (Lipinski definition) is 1. The van der Waals surface area contributed by atoms with Crippen LogP contribution in [0, 0.1) is 0 Å². The van der Waals surface area contributed by atoms with Gasteiger partial charge in [0.05, 0.1) is 6.54 Å². The van der Waals surface area contributed by atoms with Crippen LogP contribution < -0.4 is 0 Å². The fraction of sp³-hybridized carbons (Fsp3) is 0.467. The van der Waals surface area contributed by atoms with Gasteiger partial charge < -0.3 is 4.98 Å². The highest BCUT2D eigenvalue weighted by molar-refractivity contribution is 5.85. The van der Waals surface area contributed by atoms with Gasteiger partial charge in [-0.1, -0.05) is 18.2 Å². The molecule has 0 saturated heterocycles. The number of hydrogen-bond acceptors (Lipinski definition) is 1. The number of benzene rings is 1. The third kappa shape index (κ3) is 2.37. The van der Waals surface area contributed by atoms with Crippen LogP contribution in [0.25, 0.3) is 10.9 Å². The fourth-order valence-electron chi connectivity index (χ4n) is 3.04. The Morgan fingerprint density at radius 1 is 1.18 bits per heavy atom. The van der Waals surface area contributed by atoms with Crippen LogP contribution in [0.5, 0.6) is 0 Å². The highest BCUT2D eigenvalue weighted by Crippen LogP contribution is 2.40. The van der Waals surface area contributed by atoms with Crippen LogP contribution in [-0.2, 0) is 6.42 Å². The summed E-state index contributed by atoms with van der Waals surface area (Å²) in [6.07, 6.45) is -5.06. The van der Waals surface area contributed by atoms with E-state index in [1.165, 1.54) is 4.90 Å². The zero-order valence-electron chi connectivity index (χ0n) is 11.8. The second-order valence-corrected chi connectivity index (χ2v) is 5.66. The quantitative estimate of drug-likeness (QED) is 0.819. The zero-order valence-corrected chi connectivity index (χ0v) is 11.8. The number of fused-ring (bicyclic) bond motifs is 3. The van der Waals surface area contributed by atoms with E-state index in [1.54, 1.807) is 6.92 Å². The molecule has 0 spiro atoms. The number of aromatic nitrogens is 1. The molecule has 3 rings (SSSR count). The first kappa shape index (κ1) is 15.3. The van der Waals surface area contributed by atoms with Crippen molar-refractivity contribution >= 4 is 10.9 Å². The molecule has 0 radical (unpaired) electrons. The lowest BCUT2D eigenvalue weighted by molar-refractivity contribution is -0.288. The van der Waals surface area contributed by atoms with Gasteiger partial charge in [0, 0.05) is 29.2 Å². The minimum Gasteiger partial charge on any atom is -0.357 e. The van der Waals surface area contributed by atoms with Gasteiger partial charge in [-0.2, -0.15) is 22.0 Å². The van der Waals surface area contributed by atoms with Gasteiger partial charge in [0.15, 0.2) is 0 Å². The Balaban J connectivity index is 1.90. The summed E-state index contributed by atoms with van der Waals surface area (Å²) >= 11 is 0. The van der Waals surface area contributed by atoms with E-state index >= 15 is 0 Å². The maximum absolute atomic E-state index is 13.3. The fourth-order valence-corrected chi connectivity index (χ4v) is 3.04. The van der Waals surface area contributed by atoms with Crippen molar-refractivity contribution in [3.63, 3.8) is 0 Å². The van der Waals surface area contributed by atoms with Gasteiger partial charge >= 0.3 is 12.1 Å². The molecular weight excluding hydrogens is 303 g/mol. The predicted molar refractivity (Wildman–Crippen MR) is 73.0 cm³/mol. The Labute approximate surface area is 123 Å². The molecule has 7 heteroatoms. The highest BCUT2D eigenvalue weighted by atomic mass is 19.4. The van der Waals surface area contributed by atoms with Crippen molar-refractivity contribution in [2.45, 2.75) is 31.5 Å². The standard InChI is InChI=1S/C15H15F5N2/c1-9-13-11(10-4-2-3-5-12(10)21-13)6-7-22(9)8-14(16,17)15(18,19)20/h2-5,9,21H,6-8H2,1H3. The second-order valence-electron chi connectivity index (χ2n) is 5.66. The Hall–Kier alpha value is -1.63. The number of nitrogens with one attached hydrogen (secondary N) is 1. The summed E-state index contributed by atoms with van der Waals surface area (Å²) in [5.41, 5.74) is 2.61. The average molecular weight is 318 g/mol. The molecule has 22 heavy (non-hydrogen) atoms. The molecule has 0 fully saturated rings. The molecule has 120 valence electrons. The summed E-state index contributed by atoms with van der Waals surface area (Å²) in [4.78, 5) is 4.34. The molecule has 0 saturated carbocycles. The summed E-state index contributed by atoms with van der Waals surface area (Å²) in [5.74, 6) is -4.70. The number of halogens is 5. The van der Waals surface area contributed by atoms with Crippen LogP contribution in [-0.4, -0.2) is 35.1 Å². The van der Waals surface area contributed by atoms with E-state index in [-0.39, 0.29) is 6.54 Å². The van der Waals surface area contributed by atoms with Crippen LogP contribution in [0.15, 0.2) is 24.3 Å². The van der Waals surface area contributed by atoms with Gasteiger partial charge in [-0.3, -0.25) is 4.90 Å². The SMILES string of the molecule is CC1c2[nH]c3ccccc3c2CCN1CC(F)(F)C(F)(F)F. The first-order valence-corrected chi connectivity index (χ1v) is 6.99. The number of aromatic amines is 1. The molecule has 1 aromatic carbocycles. The average Bonchev–Trinajstić information content (AvgIpc) is 2.80. The van der Waals surface area contributed by atoms with Crippen LogP contribution in [0.4, 0.5) is 22.0 Å². The van der Waals surface area contributed by atoms with E-state index in [2.05, 4.69) is 4.98 Å². The maximum Gasteiger partial charge on any atom is 0.454 e. The monoisotopic (exact) mass is 318 g/mol. The first-order valence-electron chi connectivity index (χ1n) is 6.99. The molecule has 1 aromatic heterocycles. The van der Waals surface area contributed by atoms with Crippen LogP contribution in [0.3, 0.4) is 0 Å². The van der Waals surface area contributed by atoms with Crippen LogP contribution in [0.1, 0.15) is 24.2 Å². The van der Waals surface area contributed by atoms with Gasteiger partial charge in [-0.25, -0.2) is 0 Å². The minimum atomic E-state index is -5.52. The van der Waals surface area contributed by atoms with E-state index in [1.807, 2.05) is 24.3 Å². The van der Waals surface area contributed by atoms with Crippen molar-refractivity contribution in [2.24, 2.45) is 0 Å². The molecule has 0 aliphatic carbocycles. The Morgan fingerprint density at radius 2 is 1.86 bits per heavy atom. The molecule has 1 atom stereocenters. The van der Waals surface area contributed by atoms with E-state index in [9.17, 15) is 22.0 Å². The van der Waals surface area contributed by atoms with Crippen molar-refractivity contribution in [2.75, 3.05) is 13.1 Å². The van der Waals surface area contributed by atoms with Gasteiger partial charge in [-0.15, -0.1) is 0 Å². The smallest absolute Gasteiger partial charge is 0.357 e. The van der Waals surface area contributed by atoms with Gasteiger partial charge in [0.25, 0.3) is 0 Å². The van der Waals surface area contributed by atoms with E-state index < -0.39 is 24.7 Å².